The lowest BCUT2D eigenvalue weighted by Crippen LogP contribution is -2.15. The van der Waals surface area contributed by atoms with Gasteiger partial charge < -0.3 is 14.8 Å². The van der Waals surface area contributed by atoms with Crippen LogP contribution >= 0.6 is 0 Å². The second-order valence-electron chi connectivity index (χ2n) is 9.20. The van der Waals surface area contributed by atoms with E-state index in [1.54, 1.807) is 26.0 Å². The average Bonchev–Trinajstić information content (AvgIpc) is 2.79. The molecule has 188 valence electrons. The van der Waals surface area contributed by atoms with Gasteiger partial charge in [0.05, 0.1) is 24.3 Å². The van der Waals surface area contributed by atoms with E-state index in [0.29, 0.717) is 0 Å². The van der Waals surface area contributed by atoms with Gasteiger partial charge in [-0.25, -0.2) is 9.59 Å². The van der Waals surface area contributed by atoms with E-state index in [0.717, 1.165) is 24.6 Å². The Bertz CT molecular complexity index is 672. The van der Waals surface area contributed by atoms with E-state index in [2.05, 4.69) is 19.2 Å². The minimum absolute atomic E-state index is 0.247. The molecule has 5 heteroatoms. The molecule has 0 aliphatic carbocycles. The van der Waals surface area contributed by atoms with E-state index >= 15 is 0 Å². The van der Waals surface area contributed by atoms with Gasteiger partial charge in [0.1, 0.15) is 0 Å². The highest BCUT2D eigenvalue weighted by atomic mass is 16.5. The Morgan fingerprint density at radius 2 is 1.21 bits per heavy atom. The summed E-state index contributed by atoms with van der Waals surface area (Å²) < 4.78 is 10.2. The van der Waals surface area contributed by atoms with Crippen LogP contribution in [0.2, 0.25) is 0 Å². The third-order valence-electron chi connectivity index (χ3n) is 5.80. The van der Waals surface area contributed by atoms with Crippen molar-refractivity contribution in [1.29, 1.82) is 0 Å². The summed E-state index contributed by atoms with van der Waals surface area (Å²) in [7, 11) is 0. The maximum Gasteiger partial charge on any atom is 0.339 e. The third kappa shape index (κ3) is 13.3. The molecule has 0 saturated carbocycles. The average molecular weight is 462 g/mol. The van der Waals surface area contributed by atoms with Gasteiger partial charge in [-0.2, -0.15) is 0 Å². The summed E-state index contributed by atoms with van der Waals surface area (Å²) in [5.74, 6) is -0.155. The molecule has 0 spiro atoms. The van der Waals surface area contributed by atoms with Gasteiger partial charge >= 0.3 is 11.9 Å². The van der Waals surface area contributed by atoms with Crippen molar-refractivity contribution in [1.82, 2.24) is 0 Å². The number of unbranched alkanes of at least 4 members (excludes halogenated alkanes) is 10. The van der Waals surface area contributed by atoms with Gasteiger partial charge in [0.15, 0.2) is 0 Å². The summed E-state index contributed by atoms with van der Waals surface area (Å²) in [6.07, 6.45) is 15.9. The number of hydrogen-bond acceptors (Lipinski definition) is 5. The molecule has 0 bridgehead atoms. The van der Waals surface area contributed by atoms with Gasteiger partial charge in [0.25, 0.3) is 0 Å². The molecule has 1 aromatic rings. The molecule has 1 rings (SSSR count). The van der Waals surface area contributed by atoms with Gasteiger partial charge in [-0.3, -0.25) is 0 Å². The Hall–Kier alpha value is -2.04. The number of hydrogen-bond donors (Lipinski definition) is 1. The third-order valence-corrected chi connectivity index (χ3v) is 5.80. The molecule has 1 aromatic carbocycles. The van der Waals surface area contributed by atoms with Crippen molar-refractivity contribution in [3.05, 3.63) is 29.3 Å². The normalized spacial score (nSPS) is 10.9. The summed E-state index contributed by atoms with van der Waals surface area (Å²) in [6.45, 7) is 9.48. The number of carbonyl (C=O) groups excluding carboxylic acids is 2. The molecule has 0 aliphatic heterocycles. The van der Waals surface area contributed by atoms with Crippen LogP contribution in [0.3, 0.4) is 0 Å². The zero-order valence-corrected chi connectivity index (χ0v) is 21.5. The van der Waals surface area contributed by atoms with E-state index in [-0.39, 0.29) is 24.3 Å². The van der Waals surface area contributed by atoms with Crippen LogP contribution in [0, 0.1) is 5.92 Å². The van der Waals surface area contributed by atoms with Crippen LogP contribution in [-0.2, 0) is 9.47 Å². The maximum atomic E-state index is 12.3. The van der Waals surface area contributed by atoms with Gasteiger partial charge in [0, 0.05) is 12.2 Å². The van der Waals surface area contributed by atoms with E-state index in [9.17, 15) is 9.59 Å². The molecule has 0 aliphatic rings. The Morgan fingerprint density at radius 1 is 0.727 bits per heavy atom. The minimum atomic E-state index is -0.502. The number of benzene rings is 1. The first-order chi connectivity index (χ1) is 16.0. The zero-order valence-electron chi connectivity index (χ0n) is 21.5. The lowest BCUT2D eigenvalue weighted by atomic mass is 10.0. The van der Waals surface area contributed by atoms with Crippen molar-refractivity contribution in [2.24, 2.45) is 5.92 Å². The highest BCUT2D eigenvalue weighted by molar-refractivity contribution is 6.03. The number of esters is 2. The molecular weight excluding hydrogens is 414 g/mol. The number of nitrogens with one attached hydrogen (secondary N) is 1. The fourth-order valence-corrected chi connectivity index (χ4v) is 3.92. The van der Waals surface area contributed by atoms with Crippen LogP contribution < -0.4 is 5.32 Å². The molecule has 0 atom stereocenters. The SMILES string of the molecule is CCOC(=O)c1ccc(NCCCCCCCCCCCCCC(C)C)cc1C(=O)OCC. The van der Waals surface area contributed by atoms with Crippen molar-refractivity contribution in [3.63, 3.8) is 0 Å². The maximum absolute atomic E-state index is 12.3. The highest BCUT2D eigenvalue weighted by Gasteiger charge is 2.19. The first-order valence-corrected chi connectivity index (χ1v) is 13.2. The van der Waals surface area contributed by atoms with Crippen molar-refractivity contribution in [2.75, 3.05) is 25.1 Å². The van der Waals surface area contributed by atoms with Crippen LogP contribution in [0.15, 0.2) is 18.2 Å². The predicted molar refractivity (Wildman–Crippen MR) is 137 cm³/mol. The second-order valence-corrected chi connectivity index (χ2v) is 9.20. The summed E-state index contributed by atoms with van der Waals surface area (Å²) in [5, 5.41) is 3.36. The number of anilines is 1. The number of carbonyl (C=O) groups is 2. The lowest BCUT2D eigenvalue weighted by molar-refractivity contribution is 0.0479. The van der Waals surface area contributed by atoms with Crippen molar-refractivity contribution in [3.8, 4) is 0 Å². The molecule has 0 unspecified atom stereocenters. The van der Waals surface area contributed by atoms with Crippen molar-refractivity contribution in [2.45, 2.75) is 105 Å². The Kier molecular flexibility index (Phi) is 16.2. The minimum Gasteiger partial charge on any atom is -0.462 e. The second kappa shape index (κ2) is 18.4. The number of rotatable bonds is 19. The van der Waals surface area contributed by atoms with Crippen LogP contribution in [0.25, 0.3) is 0 Å². The molecule has 5 nitrogen and oxygen atoms in total. The zero-order chi connectivity index (χ0) is 24.3. The van der Waals surface area contributed by atoms with E-state index in [1.165, 1.54) is 70.6 Å². The smallest absolute Gasteiger partial charge is 0.339 e. The molecule has 0 amide bonds. The standard InChI is InChI=1S/C28H47NO4/c1-5-32-27(30)25-20-19-24(22-26(25)28(31)33-6-2)29-21-17-15-13-11-9-7-8-10-12-14-16-18-23(3)4/h19-20,22-23,29H,5-18,21H2,1-4H3. The first-order valence-electron chi connectivity index (χ1n) is 13.2. The van der Waals surface area contributed by atoms with Crippen LogP contribution in [-0.4, -0.2) is 31.7 Å². The first kappa shape index (κ1) is 29.0. The van der Waals surface area contributed by atoms with Crippen LogP contribution in [0.1, 0.15) is 125 Å². The largest absolute Gasteiger partial charge is 0.462 e. The highest BCUT2D eigenvalue weighted by Crippen LogP contribution is 2.19. The molecule has 0 heterocycles. The summed E-state index contributed by atoms with van der Waals surface area (Å²) >= 11 is 0. The van der Waals surface area contributed by atoms with Gasteiger partial charge in [-0.15, -0.1) is 0 Å². The molecule has 0 saturated heterocycles. The van der Waals surface area contributed by atoms with Crippen molar-refractivity contribution >= 4 is 17.6 Å². The molecule has 0 aromatic heterocycles. The Morgan fingerprint density at radius 3 is 1.73 bits per heavy atom. The summed E-state index contributed by atoms with van der Waals surface area (Å²) in [5.41, 5.74) is 1.32. The summed E-state index contributed by atoms with van der Waals surface area (Å²) in [4.78, 5) is 24.4. The molecule has 0 fully saturated rings. The topological polar surface area (TPSA) is 64.6 Å². The fourth-order valence-electron chi connectivity index (χ4n) is 3.92. The van der Waals surface area contributed by atoms with E-state index < -0.39 is 11.9 Å². The molecule has 1 N–H and O–H groups in total. The monoisotopic (exact) mass is 461 g/mol. The van der Waals surface area contributed by atoms with E-state index in [1.807, 2.05) is 6.07 Å². The Labute approximate surface area is 202 Å². The molecular formula is C28H47NO4. The van der Waals surface area contributed by atoms with Gasteiger partial charge in [-0.1, -0.05) is 84.5 Å². The van der Waals surface area contributed by atoms with E-state index in [4.69, 9.17) is 9.47 Å². The lowest BCUT2D eigenvalue weighted by Gasteiger charge is -2.12. The number of ether oxygens (including phenoxy) is 2. The van der Waals surface area contributed by atoms with Gasteiger partial charge in [0.2, 0.25) is 0 Å². The summed E-state index contributed by atoms with van der Waals surface area (Å²) in [6, 6.07) is 5.14. The van der Waals surface area contributed by atoms with Crippen molar-refractivity contribution < 1.29 is 19.1 Å². The van der Waals surface area contributed by atoms with Crippen LogP contribution in [0.4, 0.5) is 5.69 Å². The molecule has 0 radical (unpaired) electrons. The quantitative estimate of drug-likeness (QED) is 0.168. The molecule has 33 heavy (non-hydrogen) atoms. The Balaban J connectivity index is 2.21. The van der Waals surface area contributed by atoms with Crippen LogP contribution in [0.5, 0.6) is 0 Å². The fraction of sp³-hybridized carbons (Fsp3) is 0.714. The predicted octanol–water partition coefficient (Wildman–Crippen LogP) is 7.79. The van der Waals surface area contributed by atoms with Gasteiger partial charge in [-0.05, 0) is 44.4 Å².